The first-order valence-electron chi connectivity index (χ1n) is 6.05. The van der Waals surface area contributed by atoms with E-state index in [0.29, 0.717) is 10.0 Å². The minimum Gasteiger partial charge on any atom is -0.384 e. The van der Waals surface area contributed by atoms with Gasteiger partial charge in [-0.25, -0.2) is 0 Å². The molecule has 0 aromatic heterocycles. The molecule has 1 aromatic rings. The zero-order chi connectivity index (χ0) is 14.1. The van der Waals surface area contributed by atoms with Gasteiger partial charge in [0.05, 0.1) is 25.7 Å². The van der Waals surface area contributed by atoms with Crippen molar-refractivity contribution in [2.75, 3.05) is 0 Å². The van der Waals surface area contributed by atoms with Crippen molar-refractivity contribution in [3.63, 3.8) is 0 Å². The number of hydrogen-bond donors (Lipinski definition) is 1. The summed E-state index contributed by atoms with van der Waals surface area (Å²) in [5, 5.41) is 12.4. The summed E-state index contributed by atoms with van der Waals surface area (Å²) >= 11 is 24.9. The molecule has 3 rings (SSSR count). The Morgan fingerprint density at radius 3 is 1.68 bits per heavy atom. The lowest BCUT2D eigenvalue weighted by atomic mass is 9.83. The quantitative estimate of drug-likeness (QED) is 0.403. The zero-order valence-corrected chi connectivity index (χ0v) is 13.3. The summed E-state index contributed by atoms with van der Waals surface area (Å²) in [7, 11) is 0. The predicted octanol–water partition coefficient (Wildman–Crippen LogP) is 5.58. The topological polar surface area (TPSA) is 20.2 Å². The van der Waals surface area contributed by atoms with Crippen molar-refractivity contribution >= 4 is 46.4 Å². The van der Waals surface area contributed by atoms with Crippen LogP contribution in [-0.4, -0.2) is 10.7 Å². The molecule has 0 amide bonds. The van der Waals surface area contributed by atoms with Crippen molar-refractivity contribution in [3.05, 3.63) is 43.4 Å². The standard InChI is InChI=1S/C14H12Cl4O/c1-5(2)14(19)6-3-4-7(14)9-8(6)10(15)12(17)13(18)11(9)16/h6-7,19H,1,3-4H2,2H3/t6-,7-/m0/s1. The number of aliphatic hydroxyl groups is 1. The summed E-state index contributed by atoms with van der Waals surface area (Å²) in [6.07, 6.45) is 1.71. The van der Waals surface area contributed by atoms with Gasteiger partial charge in [0.2, 0.25) is 0 Å². The van der Waals surface area contributed by atoms with Gasteiger partial charge in [-0.1, -0.05) is 53.0 Å². The van der Waals surface area contributed by atoms with Crippen LogP contribution in [0.25, 0.3) is 0 Å². The monoisotopic (exact) mass is 336 g/mol. The summed E-state index contributed by atoms with van der Waals surface area (Å²) in [5.74, 6) is -0.186. The van der Waals surface area contributed by atoms with E-state index in [0.717, 1.165) is 29.5 Å². The molecule has 1 nitrogen and oxygen atoms in total. The number of rotatable bonds is 1. The Morgan fingerprint density at radius 1 is 1.00 bits per heavy atom. The van der Waals surface area contributed by atoms with Gasteiger partial charge >= 0.3 is 0 Å². The van der Waals surface area contributed by atoms with Gasteiger partial charge in [0.15, 0.2) is 0 Å². The lowest BCUT2D eigenvalue weighted by Gasteiger charge is -2.29. The molecule has 1 saturated carbocycles. The van der Waals surface area contributed by atoms with Crippen LogP contribution in [0, 0.1) is 0 Å². The molecule has 1 N–H and O–H groups in total. The van der Waals surface area contributed by atoms with Crippen molar-refractivity contribution in [1.82, 2.24) is 0 Å². The highest BCUT2D eigenvalue weighted by Crippen LogP contribution is 2.66. The van der Waals surface area contributed by atoms with E-state index >= 15 is 0 Å². The van der Waals surface area contributed by atoms with Crippen molar-refractivity contribution in [2.24, 2.45) is 0 Å². The first-order valence-corrected chi connectivity index (χ1v) is 7.57. The predicted molar refractivity (Wildman–Crippen MR) is 81.0 cm³/mol. The van der Waals surface area contributed by atoms with Crippen LogP contribution in [0.2, 0.25) is 20.1 Å². The lowest BCUT2D eigenvalue weighted by Crippen LogP contribution is -2.33. The van der Waals surface area contributed by atoms with Crippen molar-refractivity contribution in [2.45, 2.75) is 37.2 Å². The molecule has 2 aliphatic carbocycles. The number of fused-ring (bicyclic) bond motifs is 5. The van der Waals surface area contributed by atoms with Crippen molar-refractivity contribution in [1.29, 1.82) is 0 Å². The fourth-order valence-electron chi connectivity index (χ4n) is 3.69. The van der Waals surface area contributed by atoms with Crippen LogP contribution in [0.3, 0.4) is 0 Å². The Labute approximate surface area is 132 Å². The first kappa shape index (κ1) is 14.0. The van der Waals surface area contributed by atoms with Crippen molar-refractivity contribution < 1.29 is 5.11 Å². The highest BCUT2D eigenvalue weighted by molar-refractivity contribution is 6.52. The molecule has 0 heterocycles. The van der Waals surface area contributed by atoms with E-state index in [2.05, 4.69) is 6.58 Å². The minimum absolute atomic E-state index is 0.0928. The van der Waals surface area contributed by atoms with Crippen molar-refractivity contribution in [3.8, 4) is 0 Å². The van der Waals surface area contributed by atoms with Gasteiger partial charge in [0.25, 0.3) is 0 Å². The average Bonchev–Trinajstić information content (AvgIpc) is 2.84. The summed E-state index contributed by atoms with van der Waals surface area (Å²) in [6.45, 7) is 5.77. The van der Waals surface area contributed by atoms with Gasteiger partial charge in [0.1, 0.15) is 0 Å². The third-order valence-electron chi connectivity index (χ3n) is 4.53. The maximum atomic E-state index is 11.0. The van der Waals surface area contributed by atoms with E-state index in [-0.39, 0.29) is 21.9 Å². The van der Waals surface area contributed by atoms with Crippen LogP contribution in [0.15, 0.2) is 12.2 Å². The zero-order valence-electron chi connectivity index (χ0n) is 10.2. The highest BCUT2D eigenvalue weighted by atomic mass is 35.5. The molecule has 0 saturated heterocycles. The molecule has 2 bridgehead atoms. The van der Waals surface area contributed by atoms with E-state index in [9.17, 15) is 5.11 Å². The molecule has 0 spiro atoms. The van der Waals surface area contributed by atoms with Crippen LogP contribution >= 0.6 is 46.4 Å². The maximum absolute atomic E-state index is 11.0. The molecule has 102 valence electrons. The van der Waals surface area contributed by atoms with Crippen LogP contribution < -0.4 is 0 Å². The van der Waals surface area contributed by atoms with Gasteiger partial charge in [-0.05, 0) is 36.5 Å². The van der Waals surface area contributed by atoms with E-state index in [1.165, 1.54) is 0 Å². The molecule has 1 fully saturated rings. The smallest absolute Gasteiger partial charge is 0.0989 e. The minimum atomic E-state index is -0.983. The number of halogens is 4. The summed E-state index contributed by atoms with van der Waals surface area (Å²) in [5.41, 5.74) is 1.45. The lowest BCUT2D eigenvalue weighted by molar-refractivity contribution is 0.0637. The molecule has 2 aliphatic rings. The fraction of sp³-hybridized carbons (Fsp3) is 0.429. The Bertz CT molecular complexity index is 565. The molecular formula is C14H12Cl4O. The van der Waals surface area contributed by atoms with E-state index in [1.807, 2.05) is 6.92 Å². The Balaban J connectivity index is 2.35. The van der Waals surface area contributed by atoms with Crippen LogP contribution in [0.5, 0.6) is 0 Å². The van der Waals surface area contributed by atoms with Crippen LogP contribution in [-0.2, 0) is 0 Å². The molecule has 19 heavy (non-hydrogen) atoms. The molecular weight excluding hydrogens is 326 g/mol. The second kappa shape index (κ2) is 4.29. The molecule has 5 heteroatoms. The third-order valence-corrected chi connectivity index (χ3v) is 6.36. The van der Waals surface area contributed by atoms with Gasteiger partial charge in [-0.2, -0.15) is 0 Å². The van der Waals surface area contributed by atoms with E-state index in [1.54, 1.807) is 0 Å². The number of hydrogen-bond acceptors (Lipinski definition) is 1. The Hall–Kier alpha value is 0.0800. The third kappa shape index (κ3) is 1.54. The normalized spacial score (nSPS) is 31.7. The molecule has 1 aromatic carbocycles. The van der Waals surface area contributed by atoms with Crippen LogP contribution in [0.4, 0.5) is 0 Å². The summed E-state index contributed by atoms with van der Waals surface area (Å²) < 4.78 is 0. The van der Waals surface area contributed by atoms with Gasteiger partial charge in [0, 0.05) is 11.8 Å². The van der Waals surface area contributed by atoms with E-state index < -0.39 is 5.60 Å². The highest BCUT2D eigenvalue weighted by Gasteiger charge is 2.59. The van der Waals surface area contributed by atoms with Gasteiger partial charge < -0.3 is 5.11 Å². The second-order valence-electron chi connectivity index (χ2n) is 5.37. The van der Waals surface area contributed by atoms with Crippen LogP contribution in [0.1, 0.15) is 42.7 Å². The number of benzene rings is 1. The van der Waals surface area contributed by atoms with Gasteiger partial charge in [-0.15, -0.1) is 0 Å². The first-order chi connectivity index (χ1) is 8.81. The SMILES string of the molecule is C=C(C)C1(O)[C@H]2CC[C@H]1c1c(Cl)c(Cl)c(Cl)c(Cl)c12. The summed E-state index contributed by atoms with van der Waals surface area (Å²) in [6, 6.07) is 0. The largest absolute Gasteiger partial charge is 0.384 e. The van der Waals surface area contributed by atoms with Gasteiger partial charge in [-0.3, -0.25) is 0 Å². The van der Waals surface area contributed by atoms with E-state index in [4.69, 9.17) is 46.4 Å². The Morgan fingerprint density at radius 2 is 1.37 bits per heavy atom. The molecule has 0 radical (unpaired) electrons. The Kier molecular flexibility index (Phi) is 3.17. The molecule has 0 aliphatic heterocycles. The second-order valence-corrected chi connectivity index (χ2v) is 6.88. The summed E-state index contributed by atoms with van der Waals surface area (Å²) in [4.78, 5) is 0. The molecule has 2 atom stereocenters. The average molecular weight is 338 g/mol. The maximum Gasteiger partial charge on any atom is 0.0989 e. The fourth-order valence-corrected chi connectivity index (χ4v) is 4.83. The molecule has 0 unspecified atom stereocenters.